The van der Waals surface area contributed by atoms with Gasteiger partial charge in [-0.15, -0.1) is 11.3 Å². The zero-order valence-corrected chi connectivity index (χ0v) is 16.6. The Kier molecular flexibility index (Phi) is 6.45. The molecule has 2 heterocycles. The lowest BCUT2D eigenvalue weighted by molar-refractivity contribution is -0.118. The summed E-state index contributed by atoms with van der Waals surface area (Å²) in [6.07, 6.45) is 2.57. The van der Waals surface area contributed by atoms with Crippen LogP contribution in [0, 0.1) is 5.92 Å². The highest BCUT2D eigenvalue weighted by molar-refractivity contribution is 9.10. The van der Waals surface area contributed by atoms with Crippen LogP contribution in [-0.4, -0.2) is 35.5 Å². The van der Waals surface area contributed by atoms with E-state index >= 15 is 0 Å². The van der Waals surface area contributed by atoms with Crippen LogP contribution in [0.25, 0.3) is 0 Å². The molecule has 1 N–H and O–H groups in total. The van der Waals surface area contributed by atoms with Crippen molar-refractivity contribution >= 4 is 38.3 Å². The minimum Gasteiger partial charge on any atom is -0.484 e. The Morgan fingerprint density at radius 1 is 1.44 bits per heavy atom. The number of hydrogen-bond acceptors (Lipinski definition) is 5. The number of hydrogen-bond donors (Lipinski definition) is 1. The number of nitrogens with one attached hydrogen (secondary N) is 1. The van der Waals surface area contributed by atoms with Gasteiger partial charge in [-0.05, 0) is 49.6 Å². The molecule has 0 saturated carbocycles. The molecule has 1 aliphatic heterocycles. The first-order valence-corrected chi connectivity index (χ1v) is 10.1. The van der Waals surface area contributed by atoms with Gasteiger partial charge in [0.1, 0.15) is 5.75 Å². The molecule has 1 fully saturated rings. The molecule has 1 aromatic carbocycles. The fourth-order valence-corrected chi connectivity index (χ4v) is 3.91. The Morgan fingerprint density at radius 2 is 2.24 bits per heavy atom. The second kappa shape index (κ2) is 8.78. The molecule has 3 rings (SSSR count). The van der Waals surface area contributed by atoms with E-state index in [1.165, 1.54) is 24.2 Å². The number of aromatic nitrogens is 1. The van der Waals surface area contributed by atoms with E-state index in [2.05, 4.69) is 38.1 Å². The molecule has 0 radical (unpaired) electrons. The maximum atomic E-state index is 12.0. The molecule has 1 saturated heterocycles. The fraction of sp³-hybridized carbons (Fsp3) is 0.444. The lowest BCUT2D eigenvalue weighted by atomic mass is 10.0. The van der Waals surface area contributed by atoms with E-state index in [0.29, 0.717) is 10.9 Å². The van der Waals surface area contributed by atoms with Crippen molar-refractivity contribution in [3.8, 4) is 5.75 Å². The minimum atomic E-state index is -0.199. The van der Waals surface area contributed by atoms with Crippen LogP contribution in [0.4, 0.5) is 5.13 Å². The first kappa shape index (κ1) is 18.4. The first-order chi connectivity index (χ1) is 12.1. The molecule has 0 aliphatic carbocycles. The van der Waals surface area contributed by atoms with E-state index in [1.54, 1.807) is 0 Å². The predicted octanol–water partition coefficient (Wildman–Crippen LogP) is 4.16. The van der Waals surface area contributed by atoms with Crippen LogP contribution in [0.1, 0.15) is 25.5 Å². The molecule has 1 aromatic heterocycles. The van der Waals surface area contributed by atoms with Crippen molar-refractivity contribution in [2.75, 3.05) is 25.0 Å². The van der Waals surface area contributed by atoms with Crippen LogP contribution in [0.2, 0.25) is 0 Å². The average Bonchev–Trinajstić information content (AvgIpc) is 3.01. The molecule has 2 aromatic rings. The van der Waals surface area contributed by atoms with Gasteiger partial charge in [0.25, 0.3) is 5.91 Å². The fourth-order valence-electron chi connectivity index (χ4n) is 2.93. The summed E-state index contributed by atoms with van der Waals surface area (Å²) >= 11 is 4.82. The smallest absolute Gasteiger partial charge is 0.264 e. The molecule has 1 atom stereocenters. The summed E-state index contributed by atoms with van der Waals surface area (Å²) in [5.41, 5.74) is 1.02. The number of anilines is 1. The SMILES string of the molecule is C[C@@H]1CCCN(Cc2csc(NC(=O)COc3ccc(Br)cc3)n2)C1. The van der Waals surface area contributed by atoms with E-state index in [4.69, 9.17) is 4.74 Å². The van der Waals surface area contributed by atoms with Crippen molar-refractivity contribution in [2.24, 2.45) is 5.92 Å². The summed E-state index contributed by atoms with van der Waals surface area (Å²) in [7, 11) is 0. The second-order valence-electron chi connectivity index (χ2n) is 6.42. The number of rotatable bonds is 6. The number of carbonyl (C=O) groups excluding carboxylic acids is 1. The molecule has 0 spiro atoms. The summed E-state index contributed by atoms with van der Waals surface area (Å²) < 4.78 is 6.45. The standard InChI is InChI=1S/C18H22BrN3O2S/c1-13-3-2-8-22(9-13)10-15-12-25-18(20-15)21-17(23)11-24-16-6-4-14(19)5-7-16/h4-7,12-13H,2-3,8-11H2,1H3,(H,20,21,23)/t13-/m1/s1. The van der Waals surface area contributed by atoms with Crippen molar-refractivity contribution < 1.29 is 9.53 Å². The highest BCUT2D eigenvalue weighted by atomic mass is 79.9. The van der Waals surface area contributed by atoms with Crippen molar-refractivity contribution in [1.82, 2.24) is 9.88 Å². The van der Waals surface area contributed by atoms with E-state index < -0.39 is 0 Å². The van der Waals surface area contributed by atoms with Gasteiger partial charge in [-0.25, -0.2) is 4.98 Å². The van der Waals surface area contributed by atoms with Crippen molar-refractivity contribution in [2.45, 2.75) is 26.3 Å². The molecule has 134 valence electrons. The van der Waals surface area contributed by atoms with Crippen LogP contribution < -0.4 is 10.1 Å². The zero-order valence-electron chi connectivity index (χ0n) is 14.2. The Labute approximate surface area is 160 Å². The number of piperidine rings is 1. The van der Waals surface area contributed by atoms with Gasteiger partial charge < -0.3 is 4.74 Å². The summed E-state index contributed by atoms with van der Waals surface area (Å²) in [4.78, 5) is 19.0. The molecule has 1 amide bonds. The lowest BCUT2D eigenvalue weighted by Gasteiger charge is -2.30. The third-order valence-electron chi connectivity index (χ3n) is 4.11. The maximum absolute atomic E-state index is 12.0. The monoisotopic (exact) mass is 423 g/mol. The van der Waals surface area contributed by atoms with Crippen molar-refractivity contribution in [1.29, 1.82) is 0 Å². The van der Waals surface area contributed by atoms with Gasteiger partial charge in [-0.1, -0.05) is 22.9 Å². The van der Waals surface area contributed by atoms with Crippen LogP contribution in [-0.2, 0) is 11.3 Å². The number of benzene rings is 1. The third kappa shape index (κ3) is 5.80. The van der Waals surface area contributed by atoms with Gasteiger partial charge in [-0.2, -0.15) is 0 Å². The topological polar surface area (TPSA) is 54.5 Å². The van der Waals surface area contributed by atoms with Crippen LogP contribution in [0.5, 0.6) is 5.75 Å². The van der Waals surface area contributed by atoms with E-state index in [9.17, 15) is 4.79 Å². The molecule has 25 heavy (non-hydrogen) atoms. The summed E-state index contributed by atoms with van der Waals surface area (Å²) in [5, 5.41) is 5.45. The molecule has 7 heteroatoms. The largest absolute Gasteiger partial charge is 0.484 e. The quantitative estimate of drug-likeness (QED) is 0.757. The summed E-state index contributed by atoms with van der Waals surface area (Å²) in [6.45, 7) is 5.38. The molecule has 1 aliphatic rings. The average molecular weight is 424 g/mol. The zero-order chi connectivity index (χ0) is 17.6. The van der Waals surface area contributed by atoms with Gasteiger partial charge in [0, 0.05) is 22.9 Å². The molecule has 5 nitrogen and oxygen atoms in total. The van der Waals surface area contributed by atoms with Crippen LogP contribution in [0.15, 0.2) is 34.1 Å². The first-order valence-electron chi connectivity index (χ1n) is 8.43. The maximum Gasteiger partial charge on any atom is 0.264 e. The van der Waals surface area contributed by atoms with Gasteiger partial charge in [-0.3, -0.25) is 15.0 Å². The second-order valence-corrected chi connectivity index (χ2v) is 8.19. The molecule has 0 bridgehead atoms. The molecular formula is C18H22BrN3O2S. The number of ether oxygens (including phenoxy) is 1. The highest BCUT2D eigenvalue weighted by Gasteiger charge is 2.17. The number of amides is 1. The normalized spacial score (nSPS) is 18.1. The van der Waals surface area contributed by atoms with Crippen LogP contribution in [0.3, 0.4) is 0 Å². The number of likely N-dealkylation sites (tertiary alicyclic amines) is 1. The summed E-state index contributed by atoms with van der Waals surface area (Å²) in [6, 6.07) is 7.39. The third-order valence-corrected chi connectivity index (χ3v) is 5.44. The van der Waals surface area contributed by atoms with E-state index in [-0.39, 0.29) is 12.5 Å². The van der Waals surface area contributed by atoms with Gasteiger partial charge >= 0.3 is 0 Å². The van der Waals surface area contributed by atoms with Crippen LogP contribution >= 0.6 is 27.3 Å². The van der Waals surface area contributed by atoms with Crippen molar-refractivity contribution in [3.05, 3.63) is 39.8 Å². The number of carbonyl (C=O) groups is 1. The number of halogens is 1. The van der Waals surface area contributed by atoms with Crippen molar-refractivity contribution in [3.63, 3.8) is 0 Å². The predicted molar refractivity (Wildman–Crippen MR) is 104 cm³/mol. The van der Waals surface area contributed by atoms with E-state index in [0.717, 1.165) is 35.7 Å². The Bertz CT molecular complexity index is 705. The minimum absolute atomic E-state index is 0.0276. The summed E-state index contributed by atoms with van der Waals surface area (Å²) in [5.74, 6) is 1.22. The number of nitrogens with zero attached hydrogens (tertiary/aromatic N) is 2. The Morgan fingerprint density at radius 3 is 3.00 bits per heavy atom. The number of thiazole rings is 1. The lowest BCUT2D eigenvalue weighted by Crippen LogP contribution is -2.33. The van der Waals surface area contributed by atoms with Gasteiger partial charge in [0.05, 0.1) is 5.69 Å². The van der Waals surface area contributed by atoms with Gasteiger partial charge in [0.2, 0.25) is 0 Å². The molecule has 0 unspecified atom stereocenters. The van der Waals surface area contributed by atoms with E-state index in [1.807, 2.05) is 29.6 Å². The Hall–Kier alpha value is -1.44. The Balaban J connectivity index is 1.45. The molecular weight excluding hydrogens is 402 g/mol. The van der Waals surface area contributed by atoms with Gasteiger partial charge in [0.15, 0.2) is 11.7 Å². The highest BCUT2D eigenvalue weighted by Crippen LogP contribution is 2.21.